The van der Waals surface area contributed by atoms with Crippen LogP contribution in [-0.2, 0) is 7.05 Å². The molecule has 0 aliphatic carbocycles. The lowest BCUT2D eigenvalue weighted by Gasteiger charge is -1.99. The van der Waals surface area contributed by atoms with Gasteiger partial charge in [0.25, 0.3) is 0 Å². The third kappa shape index (κ3) is 1.92. The van der Waals surface area contributed by atoms with Gasteiger partial charge in [0.05, 0.1) is 16.8 Å². The first-order chi connectivity index (χ1) is 9.06. The van der Waals surface area contributed by atoms with Crippen LogP contribution in [0.4, 0.5) is 0 Å². The SMILES string of the molecule is Cc1ccc2cc(-c3c(C(=O)O)cnn3C)sc2c1. The summed E-state index contributed by atoms with van der Waals surface area (Å²) >= 11 is 1.59. The lowest BCUT2D eigenvalue weighted by atomic mass is 10.1. The highest BCUT2D eigenvalue weighted by Crippen LogP contribution is 2.35. The highest BCUT2D eigenvalue weighted by Gasteiger charge is 2.18. The molecule has 0 radical (unpaired) electrons. The maximum absolute atomic E-state index is 11.2. The summed E-state index contributed by atoms with van der Waals surface area (Å²) in [6, 6.07) is 8.24. The van der Waals surface area contributed by atoms with Crippen LogP contribution in [-0.4, -0.2) is 20.9 Å². The van der Waals surface area contributed by atoms with E-state index in [9.17, 15) is 9.90 Å². The van der Waals surface area contributed by atoms with E-state index in [1.54, 1.807) is 23.1 Å². The second-order valence-corrected chi connectivity index (χ2v) is 5.57. The molecule has 0 aliphatic rings. The Bertz CT molecular complexity index is 786. The number of fused-ring (bicyclic) bond motifs is 1. The summed E-state index contributed by atoms with van der Waals surface area (Å²) < 4.78 is 2.77. The third-order valence-corrected chi connectivity index (χ3v) is 4.18. The van der Waals surface area contributed by atoms with Crippen molar-refractivity contribution in [1.29, 1.82) is 0 Å². The maximum Gasteiger partial charge on any atom is 0.339 e. The fourth-order valence-electron chi connectivity index (χ4n) is 2.14. The molecular weight excluding hydrogens is 260 g/mol. The number of carboxylic acids is 1. The van der Waals surface area contributed by atoms with E-state index in [1.165, 1.54) is 11.8 Å². The number of nitrogens with zero attached hydrogens (tertiary/aromatic N) is 2. The van der Waals surface area contributed by atoms with E-state index >= 15 is 0 Å². The van der Waals surface area contributed by atoms with Gasteiger partial charge in [-0.15, -0.1) is 11.3 Å². The Balaban J connectivity index is 2.24. The van der Waals surface area contributed by atoms with Crippen LogP contribution < -0.4 is 0 Å². The van der Waals surface area contributed by atoms with Crippen LogP contribution in [0.25, 0.3) is 20.7 Å². The molecule has 4 nitrogen and oxygen atoms in total. The number of thiophene rings is 1. The molecule has 0 bridgehead atoms. The van der Waals surface area contributed by atoms with Gasteiger partial charge in [0.1, 0.15) is 5.56 Å². The molecule has 5 heteroatoms. The third-order valence-electron chi connectivity index (χ3n) is 3.08. The lowest BCUT2D eigenvalue weighted by molar-refractivity contribution is 0.0697. The number of carboxylic acid groups (broad SMARTS) is 1. The Kier molecular flexibility index (Phi) is 2.64. The first-order valence-corrected chi connectivity index (χ1v) is 6.64. The van der Waals surface area contributed by atoms with Gasteiger partial charge in [-0.3, -0.25) is 4.68 Å². The van der Waals surface area contributed by atoms with Crippen molar-refractivity contribution in [3.05, 3.63) is 41.6 Å². The smallest absolute Gasteiger partial charge is 0.339 e. The lowest BCUT2D eigenvalue weighted by Crippen LogP contribution is -1.99. The molecule has 0 unspecified atom stereocenters. The molecule has 96 valence electrons. The molecule has 2 aromatic heterocycles. The van der Waals surface area contributed by atoms with Crippen molar-refractivity contribution in [2.45, 2.75) is 6.92 Å². The molecule has 3 aromatic rings. The van der Waals surface area contributed by atoms with E-state index < -0.39 is 5.97 Å². The molecule has 0 fully saturated rings. The Morgan fingerprint density at radius 3 is 2.89 bits per heavy atom. The van der Waals surface area contributed by atoms with Crippen molar-refractivity contribution in [2.24, 2.45) is 7.05 Å². The molecule has 3 rings (SSSR count). The molecule has 0 saturated carbocycles. The zero-order chi connectivity index (χ0) is 13.6. The Labute approximate surface area is 113 Å². The minimum absolute atomic E-state index is 0.241. The Hall–Kier alpha value is -2.14. The average molecular weight is 272 g/mol. The normalized spacial score (nSPS) is 11.1. The predicted octanol–water partition coefficient (Wildman–Crippen LogP) is 3.31. The highest BCUT2D eigenvalue weighted by atomic mass is 32.1. The van der Waals surface area contributed by atoms with E-state index in [-0.39, 0.29) is 5.56 Å². The van der Waals surface area contributed by atoms with Crippen LogP contribution in [0.15, 0.2) is 30.5 Å². The van der Waals surface area contributed by atoms with Gasteiger partial charge in [-0.1, -0.05) is 12.1 Å². The topological polar surface area (TPSA) is 55.1 Å². The molecular formula is C14H12N2O2S. The van der Waals surface area contributed by atoms with Crippen LogP contribution in [0.2, 0.25) is 0 Å². The molecule has 0 atom stereocenters. The standard InChI is InChI=1S/C14H12N2O2S/c1-8-3-4-9-6-12(19-11(9)5-8)13-10(14(17)18)7-15-16(13)2/h3-7H,1-2H3,(H,17,18). The number of aryl methyl sites for hydroxylation is 2. The van der Waals surface area contributed by atoms with E-state index in [0.29, 0.717) is 5.69 Å². The van der Waals surface area contributed by atoms with E-state index in [0.717, 1.165) is 15.0 Å². The van der Waals surface area contributed by atoms with Crippen LogP contribution in [0.5, 0.6) is 0 Å². The van der Waals surface area contributed by atoms with Crippen molar-refractivity contribution in [1.82, 2.24) is 9.78 Å². The monoisotopic (exact) mass is 272 g/mol. The summed E-state index contributed by atoms with van der Waals surface area (Å²) in [6.07, 6.45) is 1.40. The van der Waals surface area contributed by atoms with Crippen LogP contribution >= 0.6 is 11.3 Å². The number of aromatic nitrogens is 2. The minimum atomic E-state index is -0.947. The fourth-order valence-corrected chi connectivity index (χ4v) is 3.39. The zero-order valence-corrected chi connectivity index (χ0v) is 11.4. The van der Waals surface area contributed by atoms with Gasteiger partial charge in [-0.2, -0.15) is 5.10 Å². The van der Waals surface area contributed by atoms with Crippen LogP contribution in [0.3, 0.4) is 0 Å². The summed E-state index contributed by atoms with van der Waals surface area (Å²) in [6.45, 7) is 2.05. The van der Waals surface area contributed by atoms with Crippen LogP contribution in [0, 0.1) is 6.92 Å². The van der Waals surface area contributed by atoms with Gasteiger partial charge >= 0.3 is 5.97 Å². The maximum atomic E-state index is 11.2. The zero-order valence-electron chi connectivity index (χ0n) is 10.5. The molecule has 1 N–H and O–H groups in total. The van der Waals surface area contributed by atoms with E-state index in [4.69, 9.17) is 0 Å². The van der Waals surface area contributed by atoms with Crippen molar-refractivity contribution in [2.75, 3.05) is 0 Å². The van der Waals surface area contributed by atoms with E-state index in [2.05, 4.69) is 23.3 Å². The number of hydrogen-bond donors (Lipinski definition) is 1. The number of benzene rings is 1. The first-order valence-electron chi connectivity index (χ1n) is 5.82. The fraction of sp³-hybridized carbons (Fsp3) is 0.143. The summed E-state index contributed by atoms with van der Waals surface area (Å²) in [7, 11) is 1.76. The number of carbonyl (C=O) groups is 1. The van der Waals surface area contributed by atoms with Crippen LogP contribution in [0.1, 0.15) is 15.9 Å². The quantitative estimate of drug-likeness (QED) is 0.778. The van der Waals surface area contributed by atoms with Gasteiger partial charge in [-0.25, -0.2) is 4.79 Å². The average Bonchev–Trinajstić information content (AvgIpc) is 2.91. The van der Waals surface area contributed by atoms with Crippen molar-refractivity contribution < 1.29 is 9.90 Å². The second kappa shape index (κ2) is 4.20. The summed E-state index contributed by atoms with van der Waals surface area (Å²) in [5.41, 5.74) is 2.10. The summed E-state index contributed by atoms with van der Waals surface area (Å²) in [5, 5.41) is 14.4. The molecule has 1 aromatic carbocycles. The largest absolute Gasteiger partial charge is 0.478 e. The predicted molar refractivity (Wildman–Crippen MR) is 75.7 cm³/mol. The van der Waals surface area contributed by atoms with Crippen molar-refractivity contribution in [3.63, 3.8) is 0 Å². The number of rotatable bonds is 2. The second-order valence-electron chi connectivity index (χ2n) is 4.49. The van der Waals surface area contributed by atoms with E-state index in [1.807, 2.05) is 13.0 Å². The van der Waals surface area contributed by atoms with Gasteiger partial charge in [0.2, 0.25) is 0 Å². The summed E-state index contributed by atoms with van der Waals surface area (Å²) in [5.74, 6) is -0.947. The number of aromatic carboxylic acids is 1. The molecule has 19 heavy (non-hydrogen) atoms. The number of hydrogen-bond acceptors (Lipinski definition) is 3. The highest BCUT2D eigenvalue weighted by molar-refractivity contribution is 7.22. The Morgan fingerprint density at radius 2 is 2.16 bits per heavy atom. The van der Waals surface area contributed by atoms with Crippen molar-refractivity contribution in [3.8, 4) is 10.6 Å². The Morgan fingerprint density at radius 1 is 1.37 bits per heavy atom. The van der Waals surface area contributed by atoms with Gasteiger partial charge in [0.15, 0.2) is 0 Å². The molecule has 0 aliphatic heterocycles. The van der Waals surface area contributed by atoms with Gasteiger partial charge < -0.3 is 5.11 Å². The molecule has 2 heterocycles. The molecule has 0 amide bonds. The van der Waals surface area contributed by atoms with Crippen molar-refractivity contribution >= 4 is 27.4 Å². The molecule has 0 spiro atoms. The molecule has 0 saturated heterocycles. The van der Waals surface area contributed by atoms with Gasteiger partial charge in [0, 0.05) is 11.7 Å². The minimum Gasteiger partial charge on any atom is -0.478 e. The summed E-state index contributed by atoms with van der Waals surface area (Å²) in [4.78, 5) is 12.2. The first kappa shape index (κ1) is 11.9. The van der Waals surface area contributed by atoms with Gasteiger partial charge in [-0.05, 0) is 30.0 Å².